The molecule has 0 aromatic rings. The summed E-state index contributed by atoms with van der Waals surface area (Å²) in [5.41, 5.74) is 0. The highest BCUT2D eigenvalue weighted by Crippen LogP contribution is 2.24. The fraction of sp³-hybridized carbons (Fsp3) is 0.750. The molecule has 0 aromatic heterocycles. The standard InChI is InChI=1S/C8H10F2O4/c9-7(11)13-5-1-2-6(4-3-5)14-8(10)12/h5-6H,1-4H2. The lowest BCUT2D eigenvalue weighted by atomic mass is 9.95. The summed E-state index contributed by atoms with van der Waals surface area (Å²) in [4.78, 5) is 19.9. The molecule has 4 nitrogen and oxygen atoms in total. The van der Waals surface area contributed by atoms with Crippen molar-refractivity contribution in [3.05, 3.63) is 0 Å². The Kier molecular flexibility index (Phi) is 3.79. The Morgan fingerprint density at radius 2 is 1.14 bits per heavy atom. The van der Waals surface area contributed by atoms with E-state index in [1.165, 1.54) is 0 Å². The smallest absolute Gasteiger partial charge is 0.437 e. The molecule has 0 N–H and O–H groups in total. The predicted octanol–water partition coefficient (Wildman–Crippen LogP) is 2.51. The van der Waals surface area contributed by atoms with Gasteiger partial charge in [-0.1, -0.05) is 0 Å². The lowest BCUT2D eigenvalue weighted by Crippen LogP contribution is -2.27. The SMILES string of the molecule is O=C(F)OC1CCC(OC(=O)F)CC1. The van der Waals surface area contributed by atoms with Gasteiger partial charge in [0.25, 0.3) is 0 Å². The maximum Gasteiger partial charge on any atom is 0.495 e. The second kappa shape index (κ2) is 4.88. The molecule has 0 radical (unpaired) electrons. The van der Waals surface area contributed by atoms with Gasteiger partial charge in [0.1, 0.15) is 12.2 Å². The Bertz CT molecular complexity index is 199. The van der Waals surface area contributed by atoms with Crippen LogP contribution in [0.2, 0.25) is 0 Å². The molecule has 0 aromatic carbocycles. The molecule has 14 heavy (non-hydrogen) atoms. The second-order valence-corrected chi connectivity index (χ2v) is 3.11. The summed E-state index contributed by atoms with van der Waals surface area (Å²) < 4.78 is 32.2. The van der Waals surface area contributed by atoms with Crippen molar-refractivity contribution in [3.63, 3.8) is 0 Å². The van der Waals surface area contributed by atoms with E-state index in [9.17, 15) is 18.4 Å². The lowest BCUT2D eigenvalue weighted by Gasteiger charge is -2.25. The summed E-state index contributed by atoms with van der Waals surface area (Å²) in [7, 11) is 0. The van der Waals surface area contributed by atoms with Crippen molar-refractivity contribution >= 4 is 12.4 Å². The Morgan fingerprint density at radius 1 is 0.857 bits per heavy atom. The molecular weight excluding hydrogens is 198 g/mol. The Hall–Kier alpha value is -1.20. The minimum Gasteiger partial charge on any atom is -0.437 e. The van der Waals surface area contributed by atoms with E-state index < -0.39 is 24.7 Å². The third kappa shape index (κ3) is 3.68. The third-order valence-electron chi connectivity index (χ3n) is 2.14. The molecule has 1 saturated carbocycles. The van der Waals surface area contributed by atoms with Crippen LogP contribution >= 0.6 is 0 Å². The predicted molar refractivity (Wildman–Crippen MR) is 41.2 cm³/mol. The molecule has 0 amide bonds. The largest absolute Gasteiger partial charge is 0.495 e. The molecular formula is C8H10F2O4. The summed E-state index contributed by atoms with van der Waals surface area (Å²) >= 11 is 0. The van der Waals surface area contributed by atoms with Crippen LogP contribution in [-0.2, 0) is 9.47 Å². The number of hydrogen-bond acceptors (Lipinski definition) is 4. The van der Waals surface area contributed by atoms with Crippen LogP contribution in [0.15, 0.2) is 0 Å². The van der Waals surface area contributed by atoms with Crippen molar-refractivity contribution in [1.82, 2.24) is 0 Å². The zero-order chi connectivity index (χ0) is 10.6. The van der Waals surface area contributed by atoms with Crippen LogP contribution < -0.4 is 0 Å². The van der Waals surface area contributed by atoms with Gasteiger partial charge in [-0.25, -0.2) is 9.59 Å². The summed E-state index contributed by atoms with van der Waals surface area (Å²) in [6.07, 6.45) is -3.06. The van der Waals surface area contributed by atoms with E-state index in [0.29, 0.717) is 25.7 Å². The van der Waals surface area contributed by atoms with Crippen LogP contribution in [0.5, 0.6) is 0 Å². The van der Waals surface area contributed by atoms with Gasteiger partial charge in [-0.3, -0.25) is 0 Å². The fourth-order valence-electron chi connectivity index (χ4n) is 1.53. The van der Waals surface area contributed by atoms with Gasteiger partial charge < -0.3 is 9.47 Å². The molecule has 0 heterocycles. The first kappa shape index (κ1) is 10.9. The Labute approximate surface area is 79.2 Å². The number of carbonyl (C=O) groups is 2. The van der Waals surface area contributed by atoms with E-state index >= 15 is 0 Å². The van der Waals surface area contributed by atoms with Gasteiger partial charge in [0.15, 0.2) is 0 Å². The van der Waals surface area contributed by atoms with Gasteiger partial charge in [0.2, 0.25) is 0 Å². The van der Waals surface area contributed by atoms with E-state index in [4.69, 9.17) is 0 Å². The van der Waals surface area contributed by atoms with Gasteiger partial charge in [-0.2, -0.15) is 0 Å². The quantitative estimate of drug-likeness (QED) is 0.654. The molecule has 1 aliphatic carbocycles. The van der Waals surface area contributed by atoms with Gasteiger partial charge >= 0.3 is 12.4 Å². The average Bonchev–Trinajstić information content (AvgIpc) is 2.06. The monoisotopic (exact) mass is 208 g/mol. The first-order valence-electron chi connectivity index (χ1n) is 4.30. The number of rotatable bonds is 2. The van der Waals surface area contributed by atoms with Crippen molar-refractivity contribution in [1.29, 1.82) is 0 Å². The van der Waals surface area contributed by atoms with Crippen molar-refractivity contribution in [2.75, 3.05) is 0 Å². The van der Waals surface area contributed by atoms with Crippen LogP contribution in [0.4, 0.5) is 18.4 Å². The van der Waals surface area contributed by atoms with Crippen molar-refractivity contribution in [3.8, 4) is 0 Å². The van der Waals surface area contributed by atoms with Crippen LogP contribution in [0.1, 0.15) is 25.7 Å². The zero-order valence-electron chi connectivity index (χ0n) is 7.37. The molecule has 0 aliphatic heterocycles. The zero-order valence-corrected chi connectivity index (χ0v) is 7.37. The van der Waals surface area contributed by atoms with Crippen molar-refractivity contribution in [2.24, 2.45) is 0 Å². The highest BCUT2D eigenvalue weighted by molar-refractivity contribution is 5.58. The number of halogens is 2. The van der Waals surface area contributed by atoms with Crippen LogP contribution in [0.3, 0.4) is 0 Å². The van der Waals surface area contributed by atoms with Crippen molar-refractivity contribution in [2.45, 2.75) is 37.9 Å². The van der Waals surface area contributed by atoms with Gasteiger partial charge in [0.05, 0.1) is 0 Å². The summed E-state index contributed by atoms with van der Waals surface area (Å²) in [6, 6.07) is 0. The van der Waals surface area contributed by atoms with Gasteiger partial charge in [-0.05, 0) is 25.7 Å². The molecule has 0 saturated heterocycles. The van der Waals surface area contributed by atoms with E-state index in [1.54, 1.807) is 0 Å². The first-order valence-corrected chi connectivity index (χ1v) is 4.30. The van der Waals surface area contributed by atoms with E-state index in [0.717, 1.165) is 0 Å². The maximum absolute atomic E-state index is 11.8. The first-order chi connectivity index (χ1) is 6.58. The molecule has 6 heteroatoms. The van der Waals surface area contributed by atoms with Crippen molar-refractivity contribution < 1.29 is 27.8 Å². The summed E-state index contributed by atoms with van der Waals surface area (Å²) in [5, 5.41) is 0. The molecule has 1 aliphatic rings. The minimum absolute atomic E-state index is 0.383. The summed E-state index contributed by atoms with van der Waals surface area (Å²) in [5.74, 6) is 0. The normalized spacial score (nSPS) is 26.7. The Balaban J connectivity index is 2.24. The maximum atomic E-state index is 11.8. The van der Waals surface area contributed by atoms with Crippen LogP contribution in [0, 0.1) is 0 Å². The molecule has 1 fully saturated rings. The van der Waals surface area contributed by atoms with Gasteiger partial charge in [-0.15, -0.1) is 8.78 Å². The molecule has 1 rings (SSSR count). The molecule has 0 atom stereocenters. The number of carbonyl (C=O) groups excluding carboxylic acids is 2. The molecule has 0 spiro atoms. The average molecular weight is 208 g/mol. The lowest BCUT2D eigenvalue weighted by molar-refractivity contribution is 0.00692. The van der Waals surface area contributed by atoms with E-state index in [-0.39, 0.29) is 0 Å². The number of hydrogen-bond donors (Lipinski definition) is 0. The molecule has 0 unspecified atom stereocenters. The second-order valence-electron chi connectivity index (χ2n) is 3.11. The third-order valence-corrected chi connectivity index (χ3v) is 2.14. The van der Waals surface area contributed by atoms with Crippen LogP contribution in [-0.4, -0.2) is 24.7 Å². The van der Waals surface area contributed by atoms with Crippen LogP contribution in [0.25, 0.3) is 0 Å². The number of ether oxygens (including phenoxy) is 2. The molecule has 0 bridgehead atoms. The van der Waals surface area contributed by atoms with E-state index in [1.807, 2.05) is 0 Å². The fourth-order valence-corrected chi connectivity index (χ4v) is 1.53. The van der Waals surface area contributed by atoms with E-state index in [2.05, 4.69) is 9.47 Å². The Morgan fingerprint density at radius 3 is 1.36 bits per heavy atom. The topological polar surface area (TPSA) is 52.6 Å². The summed E-state index contributed by atoms with van der Waals surface area (Å²) in [6.45, 7) is 0. The highest BCUT2D eigenvalue weighted by Gasteiger charge is 2.26. The van der Waals surface area contributed by atoms with Gasteiger partial charge in [0, 0.05) is 0 Å². The highest BCUT2D eigenvalue weighted by atomic mass is 19.2. The minimum atomic E-state index is -1.81. The molecule has 80 valence electrons.